The summed E-state index contributed by atoms with van der Waals surface area (Å²) in [6, 6.07) is 0. The van der Waals surface area contributed by atoms with Crippen LogP contribution in [0.15, 0.2) is 0 Å². The fourth-order valence-corrected chi connectivity index (χ4v) is 4.13. The molecule has 2 rings (SSSR count). The quantitative estimate of drug-likeness (QED) is 0.580. The summed E-state index contributed by atoms with van der Waals surface area (Å²) < 4.78 is 0. The molecule has 0 N–H and O–H groups in total. The van der Waals surface area contributed by atoms with Crippen molar-refractivity contribution in [2.45, 2.75) is 84.5 Å². The SMILES string of the molecule is CCCC1CC[C](C2CCC(CC)CC2)CC1. The molecule has 0 bridgehead atoms. The van der Waals surface area contributed by atoms with Crippen LogP contribution in [0.5, 0.6) is 0 Å². The van der Waals surface area contributed by atoms with E-state index in [1.54, 1.807) is 0 Å². The van der Waals surface area contributed by atoms with Crippen LogP contribution in [0.3, 0.4) is 0 Å². The second-order valence-corrected chi connectivity index (χ2v) is 6.52. The molecule has 0 amide bonds. The monoisotopic (exact) mass is 235 g/mol. The Bertz CT molecular complexity index is 192. The highest BCUT2D eigenvalue weighted by Crippen LogP contribution is 2.43. The second kappa shape index (κ2) is 6.81. The van der Waals surface area contributed by atoms with Gasteiger partial charge in [-0.3, -0.25) is 0 Å². The van der Waals surface area contributed by atoms with E-state index in [1.807, 2.05) is 5.92 Å². The predicted molar refractivity (Wildman–Crippen MR) is 75.8 cm³/mol. The topological polar surface area (TPSA) is 0 Å². The summed E-state index contributed by atoms with van der Waals surface area (Å²) in [5, 5.41) is 0. The predicted octanol–water partition coefficient (Wildman–Crippen LogP) is 5.77. The molecule has 0 aromatic heterocycles. The van der Waals surface area contributed by atoms with E-state index in [-0.39, 0.29) is 0 Å². The van der Waals surface area contributed by atoms with Gasteiger partial charge in [0.15, 0.2) is 0 Å². The Hall–Kier alpha value is 0. The summed E-state index contributed by atoms with van der Waals surface area (Å²) in [4.78, 5) is 0. The van der Waals surface area contributed by atoms with Crippen molar-refractivity contribution in [1.82, 2.24) is 0 Å². The van der Waals surface area contributed by atoms with Crippen LogP contribution in [0.4, 0.5) is 0 Å². The van der Waals surface area contributed by atoms with Crippen LogP contribution in [0.1, 0.15) is 84.5 Å². The van der Waals surface area contributed by atoms with Crippen LogP contribution >= 0.6 is 0 Å². The number of hydrogen-bond acceptors (Lipinski definition) is 0. The van der Waals surface area contributed by atoms with E-state index in [4.69, 9.17) is 0 Å². The standard InChI is InChI=1S/C17H31/c1-3-5-15-8-12-17(13-9-15)16-10-6-14(4-2)7-11-16/h14-16H,3-13H2,1-2H3. The van der Waals surface area contributed by atoms with Gasteiger partial charge in [0.05, 0.1) is 0 Å². The Morgan fingerprint density at radius 3 is 2.00 bits per heavy atom. The third-order valence-electron chi connectivity index (χ3n) is 5.45. The summed E-state index contributed by atoms with van der Waals surface area (Å²) in [5.74, 6) is 5.12. The van der Waals surface area contributed by atoms with Crippen molar-refractivity contribution in [3.05, 3.63) is 5.92 Å². The van der Waals surface area contributed by atoms with Crippen LogP contribution < -0.4 is 0 Å². The Balaban J connectivity index is 1.70. The van der Waals surface area contributed by atoms with Crippen LogP contribution in [0, 0.1) is 23.7 Å². The molecule has 0 aromatic carbocycles. The fraction of sp³-hybridized carbons (Fsp3) is 0.941. The van der Waals surface area contributed by atoms with E-state index in [1.165, 1.54) is 70.6 Å². The van der Waals surface area contributed by atoms with E-state index >= 15 is 0 Å². The first kappa shape index (κ1) is 13.4. The maximum Gasteiger partial charge on any atom is -0.0210 e. The van der Waals surface area contributed by atoms with Crippen molar-refractivity contribution in [2.75, 3.05) is 0 Å². The van der Waals surface area contributed by atoms with E-state index in [2.05, 4.69) is 13.8 Å². The molecule has 2 aliphatic carbocycles. The molecule has 17 heavy (non-hydrogen) atoms. The zero-order chi connectivity index (χ0) is 12.1. The van der Waals surface area contributed by atoms with Gasteiger partial charge >= 0.3 is 0 Å². The molecule has 2 aliphatic rings. The Kier molecular flexibility index (Phi) is 5.38. The molecule has 0 aliphatic heterocycles. The smallest absolute Gasteiger partial charge is 0.0210 e. The fourth-order valence-electron chi connectivity index (χ4n) is 4.13. The minimum absolute atomic E-state index is 1.03. The van der Waals surface area contributed by atoms with Crippen LogP contribution in [-0.2, 0) is 0 Å². The molecule has 0 unspecified atom stereocenters. The third kappa shape index (κ3) is 3.73. The van der Waals surface area contributed by atoms with Crippen molar-refractivity contribution in [2.24, 2.45) is 17.8 Å². The summed E-state index contributed by atoms with van der Waals surface area (Å²) in [6.45, 7) is 4.71. The molecule has 0 heteroatoms. The van der Waals surface area contributed by atoms with E-state index in [9.17, 15) is 0 Å². The van der Waals surface area contributed by atoms with Gasteiger partial charge in [0.1, 0.15) is 0 Å². The number of hydrogen-bond donors (Lipinski definition) is 0. The highest BCUT2D eigenvalue weighted by Gasteiger charge is 2.30. The van der Waals surface area contributed by atoms with Gasteiger partial charge in [-0.05, 0) is 62.2 Å². The highest BCUT2D eigenvalue weighted by molar-refractivity contribution is 5.01. The maximum absolute atomic E-state index is 2.37. The Morgan fingerprint density at radius 2 is 1.47 bits per heavy atom. The lowest BCUT2D eigenvalue weighted by Crippen LogP contribution is -2.24. The molecule has 0 heterocycles. The molecular formula is C17H31. The van der Waals surface area contributed by atoms with Gasteiger partial charge in [0, 0.05) is 0 Å². The molecule has 0 atom stereocenters. The molecule has 2 saturated carbocycles. The van der Waals surface area contributed by atoms with Crippen LogP contribution in [0.25, 0.3) is 0 Å². The van der Waals surface area contributed by atoms with Gasteiger partial charge in [-0.2, -0.15) is 0 Å². The first-order valence-electron chi connectivity index (χ1n) is 8.18. The van der Waals surface area contributed by atoms with Gasteiger partial charge in [0.25, 0.3) is 0 Å². The first-order valence-corrected chi connectivity index (χ1v) is 8.18. The van der Waals surface area contributed by atoms with Crippen molar-refractivity contribution in [3.8, 4) is 0 Å². The van der Waals surface area contributed by atoms with Crippen molar-refractivity contribution in [1.29, 1.82) is 0 Å². The number of rotatable bonds is 4. The third-order valence-corrected chi connectivity index (χ3v) is 5.45. The summed E-state index contributed by atoms with van der Waals surface area (Å²) in [5.41, 5.74) is 0. The van der Waals surface area contributed by atoms with Crippen LogP contribution in [-0.4, -0.2) is 0 Å². The minimum Gasteiger partial charge on any atom is -0.0654 e. The van der Waals surface area contributed by atoms with Gasteiger partial charge in [0.2, 0.25) is 0 Å². The zero-order valence-electron chi connectivity index (χ0n) is 12.0. The largest absolute Gasteiger partial charge is 0.0654 e. The van der Waals surface area contributed by atoms with Gasteiger partial charge in [-0.25, -0.2) is 0 Å². The van der Waals surface area contributed by atoms with E-state index in [0.29, 0.717) is 0 Å². The molecule has 0 spiro atoms. The summed E-state index contributed by atoms with van der Waals surface area (Å²) in [7, 11) is 0. The molecule has 99 valence electrons. The van der Waals surface area contributed by atoms with Crippen molar-refractivity contribution >= 4 is 0 Å². The molecule has 0 nitrogen and oxygen atoms in total. The average Bonchev–Trinajstić information content (AvgIpc) is 2.40. The maximum atomic E-state index is 2.37. The molecule has 2 fully saturated rings. The minimum atomic E-state index is 1.03. The van der Waals surface area contributed by atoms with Crippen LogP contribution in [0.2, 0.25) is 0 Å². The zero-order valence-corrected chi connectivity index (χ0v) is 12.0. The van der Waals surface area contributed by atoms with E-state index < -0.39 is 0 Å². The molecule has 0 aromatic rings. The Morgan fingerprint density at radius 1 is 0.824 bits per heavy atom. The second-order valence-electron chi connectivity index (χ2n) is 6.52. The van der Waals surface area contributed by atoms with Gasteiger partial charge < -0.3 is 0 Å². The normalized spacial score (nSPS) is 32.8. The van der Waals surface area contributed by atoms with Gasteiger partial charge in [-0.15, -0.1) is 0 Å². The molecule has 1 radical (unpaired) electrons. The average molecular weight is 235 g/mol. The lowest BCUT2D eigenvalue weighted by molar-refractivity contribution is 0.237. The van der Waals surface area contributed by atoms with Crippen molar-refractivity contribution < 1.29 is 0 Å². The highest BCUT2D eigenvalue weighted by atomic mass is 14.4. The van der Waals surface area contributed by atoms with Gasteiger partial charge in [-0.1, -0.05) is 46.0 Å². The lowest BCUT2D eigenvalue weighted by Gasteiger charge is -2.37. The molecule has 0 saturated heterocycles. The van der Waals surface area contributed by atoms with Crippen molar-refractivity contribution in [3.63, 3.8) is 0 Å². The summed E-state index contributed by atoms with van der Waals surface area (Å²) in [6.07, 6.45) is 16.3. The van der Waals surface area contributed by atoms with E-state index in [0.717, 1.165) is 17.8 Å². The molecular weight excluding hydrogens is 204 g/mol. The lowest BCUT2D eigenvalue weighted by atomic mass is 9.68. The summed E-state index contributed by atoms with van der Waals surface area (Å²) >= 11 is 0. The Labute approximate surface area is 109 Å². The first-order chi connectivity index (χ1) is 8.33.